The summed E-state index contributed by atoms with van der Waals surface area (Å²) in [5.41, 5.74) is 2.52. The highest BCUT2D eigenvalue weighted by Crippen LogP contribution is 2.34. The van der Waals surface area contributed by atoms with Gasteiger partial charge in [-0.05, 0) is 54.7 Å². The van der Waals surface area contributed by atoms with Gasteiger partial charge in [-0.3, -0.25) is 4.79 Å². The van der Waals surface area contributed by atoms with Crippen molar-refractivity contribution in [3.8, 4) is 0 Å². The van der Waals surface area contributed by atoms with Gasteiger partial charge in [0.1, 0.15) is 4.21 Å². The van der Waals surface area contributed by atoms with Crippen molar-refractivity contribution in [1.29, 1.82) is 0 Å². The molecule has 31 heavy (non-hydrogen) atoms. The minimum Gasteiger partial charge on any atom is -0.361 e. The highest BCUT2D eigenvalue weighted by Gasteiger charge is 2.35. The molecule has 2 aromatic heterocycles. The van der Waals surface area contributed by atoms with Gasteiger partial charge in [-0.1, -0.05) is 24.3 Å². The van der Waals surface area contributed by atoms with Crippen molar-refractivity contribution in [3.05, 3.63) is 53.5 Å². The largest absolute Gasteiger partial charge is 0.361 e. The van der Waals surface area contributed by atoms with E-state index in [1.165, 1.54) is 32.1 Å². The molecule has 1 amide bonds. The second-order valence-corrected chi connectivity index (χ2v) is 11.6. The van der Waals surface area contributed by atoms with E-state index < -0.39 is 10.0 Å². The van der Waals surface area contributed by atoms with Crippen LogP contribution in [0.4, 0.5) is 0 Å². The molecule has 0 spiro atoms. The normalized spacial score (nSPS) is 19.8. The van der Waals surface area contributed by atoms with Gasteiger partial charge in [0.05, 0.1) is 0 Å². The lowest BCUT2D eigenvalue weighted by Crippen LogP contribution is -2.46. The molecule has 6 nitrogen and oxygen atoms in total. The molecule has 0 aliphatic carbocycles. The first-order valence-corrected chi connectivity index (χ1v) is 13.2. The van der Waals surface area contributed by atoms with Crippen LogP contribution >= 0.6 is 11.3 Å². The molecule has 2 aliphatic rings. The third-order valence-electron chi connectivity index (χ3n) is 6.76. The monoisotopic (exact) mass is 457 g/mol. The van der Waals surface area contributed by atoms with E-state index in [0.29, 0.717) is 36.1 Å². The first kappa shape index (κ1) is 20.7. The quantitative estimate of drug-likeness (QED) is 0.643. The van der Waals surface area contributed by atoms with E-state index >= 15 is 0 Å². The van der Waals surface area contributed by atoms with Gasteiger partial charge < -0.3 is 9.88 Å². The van der Waals surface area contributed by atoms with E-state index in [1.807, 2.05) is 11.0 Å². The SMILES string of the molecule is O=C(C1CCN(S(=O)(=O)c2cccs2)CC1)N1CCC(c2c[nH]c3ccccc23)CC1. The Morgan fingerprint density at radius 3 is 2.42 bits per heavy atom. The number of nitrogens with one attached hydrogen (secondary N) is 1. The Labute approximate surface area is 186 Å². The van der Waals surface area contributed by atoms with Gasteiger partial charge in [0.2, 0.25) is 5.91 Å². The Morgan fingerprint density at radius 2 is 1.71 bits per heavy atom. The Kier molecular flexibility index (Phi) is 5.62. The van der Waals surface area contributed by atoms with Gasteiger partial charge in [-0.25, -0.2) is 8.42 Å². The van der Waals surface area contributed by atoms with Crippen molar-refractivity contribution in [3.63, 3.8) is 0 Å². The standard InChI is InChI=1S/C23H27N3O3S2/c27-23(18-9-13-26(14-10-18)31(28,29)22-6-3-15-30-22)25-11-7-17(8-12-25)20-16-24-21-5-2-1-4-19(20)21/h1-6,15-18,24H,7-14H2. The van der Waals surface area contributed by atoms with Crippen LogP contribution in [0.25, 0.3) is 10.9 Å². The highest BCUT2D eigenvalue weighted by molar-refractivity contribution is 7.91. The number of carbonyl (C=O) groups excluding carboxylic acids is 1. The minimum absolute atomic E-state index is 0.0700. The predicted molar refractivity (Wildman–Crippen MR) is 123 cm³/mol. The number of aromatic amines is 1. The number of amides is 1. The molecule has 1 N–H and O–H groups in total. The third-order valence-corrected chi connectivity index (χ3v) is 10.0. The number of piperidine rings is 2. The van der Waals surface area contributed by atoms with E-state index in [1.54, 1.807) is 17.5 Å². The smallest absolute Gasteiger partial charge is 0.252 e. The number of aromatic nitrogens is 1. The van der Waals surface area contributed by atoms with Crippen LogP contribution in [0.1, 0.15) is 37.2 Å². The molecule has 5 rings (SSSR count). The number of rotatable bonds is 4. The molecule has 2 fully saturated rings. The second kappa shape index (κ2) is 8.41. The van der Waals surface area contributed by atoms with E-state index in [-0.39, 0.29) is 11.8 Å². The van der Waals surface area contributed by atoms with Gasteiger partial charge in [-0.2, -0.15) is 4.31 Å². The molecule has 0 bridgehead atoms. The molecule has 1 aromatic carbocycles. The van der Waals surface area contributed by atoms with Gasteiger partial charge in [-0.15, -0.1) is 11.3 Å². The van der Waals surface area contributed by atoms with E-state index in [4.69, 9.17) is 0 Å². The van der Waals surface area contributed by atoms with Crippen molar-refractivity contribution >= 4 is 38.2 Å². The zero-order valence-corrected chi connectivity index (χ0v) is 19.0. The fraction of sp³-hybridized carbons (Fsp3) is 0.435. The summed E-state index contributed by atoms with van der Waals surface area (Å²) in [7, 11) is -3.42. The Balaban J connectivity index is 1.17. The van der Waals surface area contributed by atoms with Crippen molar-refractivity contribution in [1.82, 2.24) is 14.2 Å². The Bertz CT molecular complexity index is 1150. The van der Waals surface area contributed by atoms with Crippen molar-refractivity contribution in [2.24, 2.45) is 5.92 Å². The fourth-order valence-electron chi connectivity index (χ4n) is 4.98. The fourth-order valence-corrected chi connectivity index (χ4v) is 7.60. The summed E-state index contributed by atoms with van der Waals surface area (Å²) >= 11 is 1.25. The molecular weight excluding hydrogens is 430 g/mol. The molecule has 0 radical (unpaired) electrons. The van der Waals surface area contributed by atoms with E-state index in [0.717, 1.165) is 25.9 Å². The lowest BCUT2D eigenvalue weighted by Gasteiger charge is -2.37. The van der Waals surface area contributed by atoms with Crippen LogP contribution in [-0.4, -0.2) is 54.7 Å². The summed E-state index contributed by atoms with van der Waals surface area (Å²) < 4.78 is 27.3. The molecule has 2 saturated heterocycles. The summed E-state index contributed by atoms with van der Waals surface area (Å²) in [6.07, 6.45) is 5.27. The number of carbonyl (C=O) groups is 1. The lowest BCUT2D eigenvalue weighted by atomic mass is 9.88. The number of thiophene rings is 1. The zero-order chi connectivity index (χ0) is 21.4. The second-order valence-electron chi connectivity index (χ2n) is 8.50. The molecule has 3 aromatic rings. The maximum atomic E-state index is 13.1. The third kappa shape index (κ3) is 3.92. The van der Waals surface area contributed by atoms with Gasteiger partial charge in [0.15, 0.2) is 0 Å². The number of nitrogens with zero attached hydrogens (tertiary/aromatic N) is 2. The summed E-state index contributed by atoms with van der Waals surface area (Å²) in [5.74, 6) is 0.600. The molecule has 2 aliphatic heterocycles. The number of H-pyrrole nitrogens is 1. The van der Waals surface area contributed by atoms with Crippen LogP contribution in [0.5, 0.6) is 0 Å². The summed E-state index contributed by atoms with van der Waals surface area (Å²) in [6.45, 7) is 2.39. The maximum Gasteiger partial charge on any atom is 0.252 e. The minimum atomic E-state index is -3.42. The molecule has 164 valence electrons. The van der Waals surface area contributed by atoms with Crippen LogP contribution in [-0.2, 0) is 14.8 Å². The molecule has 0 unspecified atom stereocenters. The van der Waals surface area contributed by atoms with E-state index in [9.17, 15) is 13.2 Å². The number of benzene rings is 1. The van der Waals surface area contributed by atoms with E-state index in [2.05, 4.69) is 29.4 Å². The molecular formula is C23H27N3O3S2. The summed E-state index contributed by atoms with van der Waals surface area (Å²) in [4.78, 5) is 18.5. The molecule has 0 atom stereocenters. The zero-order valence-electron chi connectivity index (χ0n) is 17.4. The molecule has 0 saturated carbocycles. The van der Waals surface area contributed by atoms with Crippen molar-refractivity contribution in [2.45, 2.75) is 35.8 Å². The number of para-hydroxylation sites is 1. The van der Waals surface area contributed by atoms with Crippen LogP contribution < -0.4 is 0 Å². The van der Waals surface area contributed by atoms with Crippen LogP contribution in [0, 0.1) is 5.92 Å². The van der Waals surface area contributed by atoms with Gasteiger partial charge in [0, 0.05) is 49.2 Å². The molecule has 8 heteroatoms. The average Bonchev–Trinajstić information content (AvgIpc) is 3.50. The van der Waals surface area contributed by atoms with Crippen LogP contribution in [0.2, 0.25) is 0 Å². The lowest BCUT2D eigenvalue weighted by molar-refractivity contribution is -0.137. The summed E-state index contributed by atoms with van der Waals surface area (Å²) in [6, 6.07) is 11.8. The maximum absolute atomic E-state index is 13.1. The number of hydrogen-bond donors (Lipinski definition) is 1. The van der Waals surface area contributed by atoms with Gasteiger partial charge in [0.25, 0.3) is 10.0 Å². The highest BCUT2D eigenvalue weighted by atomic mass is 32.2. The number of likely N-dealkylation sites (tertiary alicyclic amines) is 1. The number of hydrogen-bond acceptors (Lipinski definition) is 4. The first-order valence-electron chi connectivity index (χ1n) is 10.9. The van der Waals surface area contributed by atoms with Gasteiger partial charge >= 0.3 is 0 Å². The van der Waals surface area contributed by atoms with Crippen molar-refractivity contribution < 1.29 is 13.2 Å². The topological polar surface area (TPSA) is 73.5 Å². The average molecular weight is 458 g/mol. The van der Waals surface area contributed by atoms with Crippen LogP contribution in [0.15, 0.2) is 52.2 Å². The first-order chi connectivity index (χ1) is 15.0. The molecule has 4 heterocycles. The predicted octanol–water partition coefficient (Wildman–Crippen LogP) is 4.04. The number of fused-ring (bicyclic) bond motifs is 1. The van der Waals surface area contributed by atoms with Crippen LogP contribution in [0.3, 0.4) is 0 Å². The Morgan fingerprint density at radius 1 is 0.968 bits per heavy atom. The summed E-state index contributed by atoms with van der Waals surface area (Å²) in [5, 5.41) is 3.06. The number of sulfonamides is 1. The Hall–Kier alpha value is -2.16. The van der Waals surface area contributed by atoms with Crippen molar-refractivity contribution in [2.75, 3.05) is 26.2 Å².